The van der Waals surface area contributed by atoms with Crippen LogP contribution in [0.5, 0.6) is 0 Å². The van der Waals surface area contributed by atoms with Crippen molar-refractivity contribution >= 4 is 27.3 Å². The predicted octanol–water partition coefficient (Wildman–Crippen LogP) is 2.27. The molecule has 2 aliphatic heterocycles. The lowest BCUT2D eigenvalue weighted by atomic mass is 10.00. The lowest BCUT2D eigenvalue weighted by Crippen LogP contribution is -2.39. The normalized spacial score (nSPS) is 26.1. The summed E-state index contributed by atoms with van der Waals surface area (Å²) in [5.74, 6) is 0.796. The van der Waals surface area contributed by atoms with Crippen LogP contribution < -0.4 is 4.90 Å². The van der Waals surface area contributed by atoms with Gasteiger partial charge in [0.05, 0.1) is 10.8 Å². The first kappa shape index (κ1) is 12.2. The smallest absolute Gasteiger partial charge is 0.182 e. The fourth-order valence-corrected chi connectivity index (χ4v) is 4.62. The summed E-state index contributed by atoms with van der Waals surface area (Å²) < 4.78 is 24.5. The van der Waals surface area contributed by atoms with Crippen molar-refractivity contribution in [1.29, 1.82) is 0 Å². The van der Waals surface area contributed by atoms with Crippen molar-refractivity contribution in [3.05, 3.63) is 17.3 Å². The Morgan fingerprint density at radius 3 is 3.00 bits per heavy atom. The molecule has 1 fully saturated rings. The van der Waals surface area contributed by atoms with Crippen LogP contribution in [0.25, 0.3) is 0 Å². The average Bonchev–Trinajstić information content (AvgIpc) is 2.46. The van der Waals surface area contributed by atoms with E-state index in [0.29, 0.717) is 28.2 Å². The number of piperidine rings is 1. The van der Waals surface area contributed by atoms with E-state index in [1.165, 1.54) is 18.7 Å². The number of hydrogen-bond acceptors (Lipinski definition) is 4. The van der Waals surface area contributed by atoms with Gasteiger partial charge in [0.1, 0.15) is 10.7 Å². The molecular formula is C12H15ClN2O2S. The van der Waals surface area contributed by atoms with Gasteiger partial charge in [-0.3, -0.25) is 0 Å². The Labute approximate surface area is 112 Å². The van der Waals surface area contributed by atoms with Crippen molar-refractivity contribution < 1.29 is 8.42 Å². The number of fused-ring (bicyclic) bond motifs is 3. The maximum atomic E-state index is 12.3. The maximum Gasteiger partial charge on any atom is 0.182 e. The van der Waals surface area contributed by atoms with E-state index in [-0.39, 0.29) is 5.75 Å². The topological polar surface area (TPSA) is 50.3 Å². The van der Waals surface area contributed by atoms with E-state index in [1.807, 2.05) is 0 Å². The fourth-order valence-electron chi connectivity index (χ4n) is 2.84. The van der Waals surface area contributed by atoms with Crippen molar-refractivity contribution in [2.75, 3.05) is 17.2 Å². The van der Waals surface area contributed by atoms with Gasteiger partial charge in [0.15, 0.2) is 9.84 Å². The van der Waals surface area contributed by atoms with E-state index in [0.717, 1.165) is 19.4 Å². The number of pyridine rings is 1. The van der Waals surface area contributed by atoms with E-state index in [4.69, 9.17) is 11.6 Å². The highest BCUT2D eigenvalue weighted by Crippen LogP contribution is 2.35. The van der Waals surface area contributed by atoms with Gasteiger partial charge >= 0.3 is 0 Å². The zero-order chi connectivity index (χ0) is 12.8. The molecular weight excluding hydrogens is 272 g/mol. The summed E-state index contributed by atoms with van der Waals surface area (Å²) in [6, 6.07) is 1.85. The number of rotatable bonds is 0. The first-order valence-electron chi connectivity index (χ1n) is 6.23. The van der Waals surface area contributed by atoms with Crippen LogP contribution in [0.3, 0.4) is 0 Å². The molecule has 3 rings (SSSR count). The molecule has 18 heavy (non-hydrogen) atoms. The van der Waals surface area contributed by atoms with Crippen LogP contribution in [0.2, 0.25) is 5.02 Å². The van der Waals surface area contributed by atoms with E-state index >= 15 is 0 Å². The molecule has 0 radical (unpaired) electrons. The SMILES string of the molecule is O=S1(=O)CCC2CCCCN2c2ncc(Cl)cc21. The highest BCUT2D eigenvalue weighted by molar-refractivity contribution is 7.91. The molecule has 98 valence electrons. The van der Waals surface area contributed by atoms with Crippen molar-refractivity contribution in [2.24, 2.45) is 0 Å². The summed E-state index contributed by atoms with van der Waals surface area (Å²) in [5, 5.41) is 0.382. The lowest BCUT2D eigenvalue weighted by Gasteiger charge is -2.35. The second kappa shape index (κ2) is 4.38. The number of anilines is 1. The minimum Gasteiger partial charge on any atom is -0.353 e. The highest BCUT2D eigenvalue weighted by atomic mass is 35.5. The van der Waals surface area contributed by atoms with Crippen molar-refractivity contribution in [1.82, 2.24) is 4.98 Å². The molecule has 0 spiro atoms. The number of sulfone groups is 1. The second-order valence-electron chi connectivity index (χ2n) is 4.93. The van der Waals surface area contributed by atoms with Crippen LogP contribution in [0, 0.1) is 0 Å². The number of aromatic nitrogens is 1. The van der Waals surface area contributed by atoms with Gasteiger partial charge in [-0.15, -0.1) is 0 Å². The van der Waals surface area contributed by atoms with Crippen LogP contribution in [0.15, 0.2) is 17.2 Å². The Morgan fingerprint density at radius 1 is 1.33 bits per heavy atom. The zero-order valence-corrected chi connectivity index (χ0v) is 11.5. The summed E-state index contributed by atoms with van der Waals surface area (Å²) >= 11 is 5.89. The summed E-state index contributed by atoms with van der Waals surface area (Å²) in [5.41, 5.74) is 0. The van der Waals surface area contributed by atoms with Crippen LogP contribution in [-0.4, -0.2) is 31.7 Å². The van der Waals surface area contributed by atoms with Crippen molar-refractivity contribution in [3.8, 4) is 0 Å². The first-order valence-corrected chi connectivity index (χ1v) is 8.26. The third kappa shape index (κ3) is 1.99. The molecule has 4 nitrogen and oxygen atoms in total. The summed E-state index contributed by atoms with van der Waals surface area (Å²) in [6.07, 6.45) is 5.55. The van der Waals surface area contributed by atoms with Gasteiger partial charge in [0.25, 0.3) is 0 Å². The molecule has 0 bridgehead atoms. The molecule has 1 aromatic heterocycles. The summed E-state index contributed by atoms with van der Waals surface area (Å²) in [4.78, 5) is 6.73. The summed E-state index contributed by atoms with van der Waals surface area (Å²) in [7, 11) is -3.25. The Morgan fingerprint density at radius 2 is 2.17 bits per heavy atom. The number of halogens is 1. The lowest BCUT2D eigenvalue weighted by molar-refractivity contribution is 0.448. The molecule has 3 heterocycles. The predicted molar refractivity (Wildman–Crippen MR) is 70.9 cm³/mol. The molecule has 0 amide bonds. The molecule has 6 heteroatoms. The molecule has 1 aromatic rings. The minimum absolute atomic E-state index is 0.198. The summed E-state index contributed by atoms with van der Waals surface area (Å²) in [6.45, 7) is 0.891. The molecule has 1 saturated heterocycles. The standard InChI is InChI=1S/C12H15ClN2O2S/c13-9-7-11-12(14-8-9)15-5-2-1-3-10(15)4-6-18(11,16)17/h7-8,10H,1-6H2. The number of nitrogens with zero attached hydrogens (tertiary/aromatic N) is 2. The van der Waals surface area contributed by atoms with Gasteiger partial charge < -0.3 is 4.90 Å². The van der Waals surface area contributed by atoms with Crippen LogP contribution in [0.4, 0.5) is 5.82 Å². The van der Waals surface area contributed by atoms with Gasteiger partial charge in [-0.1, -0.05) is 11.6 Å². The number of hydrogen-bond donors (Lipinski definition) is 0. The minimum atomic E-state index is -3.25. The Bertz CT molecular complexity index is 573. The molecule has 0 aromatic carbocycles. The van der Waals surface area contributed by atoms with Gasteiger partial charge in [0, 0.05) is 18.8 Å². The van der Waals surface area contributed by atoms with Crippen molar-refractivity contribution in [3.63, 3.8) is 0 Å². The fraction of sp³-hybridized carbons (Fsp3) is 0.583. The van der Waals surface area contributed by atoms with Gasteiger partial charge in [-0.05, 0) is 31.7 Å². The van der Waals surface area contributed by atoms with Gasteiger partial charge in [-0.2, -0.15) is 0 Å². The highest BCUT2D eigenvalue weighted by Gasteiger charge is 2.34. The van der Waals surface area contributed by atoms with E-state index in [1.54, 1.807) is 0 Å². The monoisotopic (exact) mass is 286 g/mol. The maximum absolute atomic E-state index is 12.3. The Kier molecular flexibility index (Phi) is 2.98. The quantitative estimate of drug-likeness (QED) is 0.734. The van der Waals surface area contributed by atoms with E-state index in [9.17, 15) is 8.42 Å². The van der Waals surface area contributed by atoms with Crippen molar-refractivity contribution in [2.45, 2.75) is 36.6 Å². The molecule has 1 unspecified atom stereocenters. The Hall–Kier alpha value is -0.810. The van der Waals surface area contributed by atoms with Gasteiger partial charge in [0.2, 0.25) is 0 Å². The van der Waals surface area contributed by atoms with E-state index in [2.05, 4.69) is 9.88 Å². The third-order valence-corrected chi connectivity index (χ3v) is 5.70. The van der Waals surface area contributed by atoms with Crippen LogP contribution in [-0.2, 0) is 9.84 Å². The van der Waals surface area contributed by atoms with Crippen LogP contribution >= 0.6 is 11.6 Å². The molecule has 0 aliphatic carbocycles. The second-order valence-corrected chi connectivity index (χ2v) is 7.44. The largest absolute Gasteiger partial charge is 0.353 e. The first-order chi connectivity index (χ1) is 8.58. The molecule has 0 N–H and O–H groups in total. The van der Waals surface area contributed by atoms with E-state index < -0.39 is 9.84 Å². The Balaban J connectivity index is 2.17. The third-order valence-electron chi connectivity index (χ3n) is 3.75. The van der Waals surface area contributed by atoms with Gasteiger partial charge in [-0.25, -0.2) is 13.4 Å². The molecule has 0 saturated carbocycles. The zero-order valence-electron chi connectivity index (χ0n) is 9.97. The average molecular weight is 287 g/mol. The van der Waals surface area contributed by atoms with Crippen LogP contribution in [0.1, 0.15) is 25.7 Å². The molecule has 2 aliphatic rings. The molecule has 1 atom stereocenters.